The number of ether oxygens (including phenoxy) is 1. The van der Waals surface area contributed by atoms with Crippen molar-refractivity contribution in [2.75, 3.05) is 36.9 Å². The van der Waals surface area contributed by atoms with Crippen LogP contribution >= 0.6 is 11.6 Å². The van der Waals surface area contributed by atoms with Crippen LogP contribution in [0.25, 0.3) is 0 Å². The van der Waals surface area contributed by atoms with E-state index in [-0.39, 0.29) is 31.8 Å². The molecule has 9 nitrogen and oxygen atoms in total. The molecule has 0 unspecified atom stereocenters. The minimum Gasteiger partial charge on any atom is -0.495 e. The Morgan fingerprint density at radius 1 is 0.921 bits per heavy atom. The number of hydrogen-bond donors (Lipinski definition) is 1. The van der Waals surface area contributed by atoms with Gasteiger partial charge in [-0.2, -0.15) is 4.31 Å². The number of carbonyl (C=O) groups is 1. The van der Waals surface area contributed by atoms with Crippen molar-refractivity contribution in [3.05, 3.63) is 77.3 Å². The lowest BCUT2D eigenvalue weighted by Gasteiger charge is -2.26. The van der Waals surface area contributed by atoms with Crippen LogP contribution in [-0.2, 0) is 20.0 Å². The Morgan fingerprint density at radius 3 is 2.26 bits per heavy atom. The highest BCUT2D eigenvalue weighted by molar-refractivity contribution is 7.93. The third kappa shape index (κ3) is 5.65. The molecule has 202 valence electrons. The Balaban J connectivity index is 1.63. The van der Waals surface area contributed by atoms with Crippen LogP contribution in [-0.4, -0.2) is 54.3 Å². The van der Waals surface area contributed by atoms with Crippen molar-refractivity contribution in [1.82, 2.24) is 4.31 Å². The molecule has 0 spiro atoms. The van der Waals surface area contributed by atoms with Gasteiger partial charge in [0, 0.05) is 31.4 Å². The number of benzene rings is 3. The summed E-state index contributed by atoms with van der Waals surface area (Å²) in [5.41, 5.74) is 0.678. The molecule has 1 heterocycles. The molecule has 0 saturated carbocycles. The summed E-state index contributed by atoms with van der Waals surface area (Å²) >= 11 is 6.23. The zero-order valence-corrected chi connectivity index (χ0v) is 23.3. The van der Waals surface area contributed by atoms with Crippen molar-refractivity contribution in [3.63, 3.8) is 0 Å². The van der Waals surface area contributed by atoms with Crippen LogP contribution < -0.4 is 14.4 Å². The zero-order valence-electron chi connectivity index (χ0n) is 20.9. The van der Waals surface area contributed by atoms with Crippen LogP contribution in [0.3, 0.4) is 0 Å². The number of nitrogens with one attached hydrogen (secondary N) is 1. The number of para-hydroxylation sites is 1. The number of anilines is 2. The summed E-state index contributed by atoms with van der Waals surface area (Å²) in [5, 5.41) is 2.62. The molecule has 1 amide bonds. The van der Waals surface area contributed by atoms with E-state index in [1.54, 1.807) is 30.3 Å². The molecular weight excluding hydrogens is 550 g/mol. The van der Waals surface area contributed by atoms with E-state index >= 15 is 0 Å². The van der Waals surface area contributed by atoms with Gasteiger partial charge in [-0.25, -0.2) is 16.8 Å². The summed E-state index contributed by atoms with van der Waals surface area (Å²) in [7, 11) is -5.14. The first-order valence-corrected chi connectivity index (χ1v) is 15.1. The number of nitrogens with zero attached hydrogens (tertiary/aromatic N) is 2. The van der Waals surface area contributed by atoms with Gasteiger partial charge in [0.1, 0.15) is 15.5 Å². The van der Waals surface area contributed by atoms with E-state index in [2.05, 4.69) is 5.32 Å². The Morgan fingerprint density at radius 2 is 1.61 bits per heavy atom. The van der Waals surface area contributed by atoms with Crippen molar-refractivity contribution in [1.29, 1.82) is 0 Å². The summed E-state index contributed by atoms with van der Waals surface area (Å²) in [6, 6.07) is 16.7. The van der Waals surface area contributed by atoms with Crippen molar-refractivity contribution >= 4 is 48.9 Å². The van der Waals surface area contributed by atoms with Gasteiger partial charge in [-0.05, 0) is 61.4 Å². The molecule has 1 fully saturated rings. The van der Waals surface area contributed by atoms with Crippen LogP contribution in [0.15, 0.2) is 76.5 Å². The second kappa shape index (κ2) is 11.3. The third-order valence-corrected chi connectivity index (χ3v) is 10.5. The maximum atomic E-state index is 13.3. The molecule has 0 bridgehead atoms. The number of hydrogen-bond acceptors (Lipinski definition) is 6. The maximum absolute atomic E-state index is 13.3. The van der Waals surface area contributed by atoms with Crippen molar-refractivity contribution in [2.45, 2.75) is 29.1 Å². The van der Waals surface area contributed by atoms with Gasteiger partial charge < -0.3 is 10.1 Å². The third-order valence-electron chi connectivity index (χ3n) is 6.31. The van der Waals surface area contributed by atoms with Crippen LogP contribution in [0.1, 0.15) is 29.6 Å². The monoisotopic (exact) mass is 577 g/mol. The second-order valence-electron chi connectivity index (χ2n) is 8.74. The fourth-order valence-corrected chi connectivity index (χ4v) is 7.56. The molecule has 1 N–H and O–H groups in total. The fourth-order valence-electron chi connectivity index (χ4n) is 4.17. The van der Waals surface area contributed by atoms with Gasteiger partial charge in [-0.3, -0.25) is 9.10 Å². The van der Waals surface area contributed by atoms with E-state index in [4.69, 9.17) is 16.3 Å². The maximum Gasteiger partial charge on any atom is 0.265 e. The largest absolute Gasteiger partial charge is 0.495 e. The van der Waals surface area contributed by atoms with Gasteiger partial charge in [-0.1, -0.05) is 36.2 Å². The van der Waals surface area contributed by atoms with E-state index in [1.165, 1.54) is 54.9 Å². The molecule has 1 saturated heterocycles. The number of amides is 1. The molecule has 1 aliphatic heterocycles. The van der Waals surface area contributed by atoms with Crippen LogP contribution in [0.4, 0.5) is 11.4 Å². The molecule has 0 radical (unpaired) electrons. The Labute approximate surface area is 228 Å². The lowest BCUT2D eigenvalue weighted by atomic mass is 10.2. The van der Waals surface area contributed by atoms with E-state index in [9.17, 15) is 21.6 Å². The summed E-state index contributed by atoms with van der Waals surface area (Å²) in [6.45, 7) is 0.836. The molecule has 12 heteroatoms. The summed E-state index contributed by atoms with van der Waals surface area (Å²) in [5.74, 6) is -0.468. The van der Waals surface area contributed by atoms with Crippen LogP contribution in [0.5, 0.6) is 5.75 Å². The predicted molar refractivity (Wildman–Crippen MR) is 147 cm³/mol. The highest BCUT2D eigenvalue weighted by Crippen LogP contribution is 2.32. The number of sulfonamides is 2. The van der Waals surface area contributed by atoms with Gasteiger partial charge in [0.15, 0.2) is 0 Å². The van der Waals surface area contributed by atoms with Gasteiger partial charge >= 0.3 is 0 Å². The molecule has 3 aromatic carbocycles. The number of halogens is 1. The fraction of sp³-hybridized carbons (Fsp3) is 0.269. The molecule has 38 heavy (non-hydrogen) atoms. The van der Waals surface area contributed by atoms with E-state index in [0.29, 0.717) is 18.8 Å². The first-order chi connectivity index (χ1) is 18.1. The minimum atomic E-state index is -4.08. The molecule has 0 atom stereocenters. The average Bonchev–Trinajstić information content (AvgIpc) is 2.93. The van der Waals surface area contributed by atoms with Crippen molar-refractivity contribution in [3.8, 4) is 5.75 Å². The number of rotatable bonds is 8. The highest BCUT2D eigenvalue weighted by Gasteiger charge is 2.30. The van der Waals surface area contributed by atoms with Crippen LogP contribution in [0.2, 0.25) is 5.02 Å². The Kier molecular flexibility index (Phi) is 8.31. The average molecular weight is 578 g/mol. The quantitative estimate of drug-likeness (QED) is 0.419. The smallest absolute Gasteiger partial charge is 0.265 e. The zero-order chi connectivity index (χ0) is 27.5. The molecule has 0 aromatic heterocycles. The van der Waals surface area contributed by atoms with Gasteiger partial charge in [0.2, 0.25) is 10.0 Å². The standard InChI is InChI=1S/C26H28ClN3O6S2/c1-29(21-9-5-3-6-10-21)37(32,33)24-17-19(11-13-22(24)27)26(31)28-20-12-14-23(36-2)25(18-20)38(34,35)30-15-7-4-8-16-30/h3,5-6,9-14,17-18H,4,7-8,15-16H2,1-2H3,(H,28,31). The Bertz CT molecular complexity index is 1540. The normalized spacial score (nSPS) is 14.6. The number of carbonyl (C=O) groups excluding carboxylic acids is 1. The minimum absolute atomic E-state index is 0.0330. The van der Waals surface area contributed by atoms with E-state index in [1.807, 2.05) is 0 Å². The van der Waals surface area contributed by atoms with Crippen molar-refractivity contribution in [2.24, 2.45) is 0 Å². The van der Waals surface area contributed by atoms with Crippen molar-refractivity contribution < 1.29 is 26.4 Å². The summed E-state index contributed by atoms with van der Waals surface area (Å²) in [4.78, 5) is 12.8. The molecule has 0 aliphatic carbocycles. The lowest BCUT2D eigenvalue weighted by molar-refractivity contribution is 0.102. The molecule has 3 aromatic rings. The number of methoxy groups -OCH3 is 1. The Hall–Kier alpha value is -3.12. The second-order valence-corrected chi connectivity index (χ2v) is 13.0. The van der Waals surface area contributed by atoms with Gasteiger partial charge in [0.05, 0.1) is 17.8 Å². The molecule has 1 aliphatic rings. The lowest BCUT2D eigenvalue weighted by Crippen LogP contribution is -2.35. The molecule has 4 rings (SSSR count). The molecular formula is C26H28ClN3O6S2. The van der Waals surface area contributed by atoms with E-state index in [0.717, 1.165) is 23.6 Å². The summed E-state index contributed by atoms with van der Waals surface area (Å²) in [6.07, 6.45) is 2.53. The van der Waals surface area contributed by atoms with Gasteiger partial charge in [0.25, 0.3) is 15.9 Å². The first kappa shape index (κ1) is 27.9. The topological polar surface area (TPSA) is 113 Å². The SMILES string of the molecule is COc1ccc(NC(=O)c2ccc(Cl)c(S(=O)(=O)N(C)c3ccccc3)c2)cc1S(=O)(=O)N1CCCCC1. The van der Waals surface area contributed by atoms with Gasteiger partial charge in [-0.15, -0.1) is 0 Å². The predicted octanol–water partition coefficient (Wildman–Crippen LogP) is 4.60. The number of piperidine rings is 1. The van der Waals surface area contributed by atoms with Crippen LogP contribution in [0, 0.1) is 0 Å². The summed E-state index contributed by atoms with van der Waals surface area (Å²) < 4.78 is 60.9. The highest BCUT2D eigenvalue weighted by atomic mass is 35.5. The van der Waals surface area contributed by atoms with E-state index < -0.39 is 26.0 Å². The first-order valence-electron chi connectivity index (χ1n) is 11.9.